The second kappa shape index (κ2) is 8.91. The molecule has 1 N–H and O–H groups in total. The molecule has 1 aromatic carbocycles. The quantitative estimate of drug-likeness (QED) is 0.779. The smallest absolute Gasteiger partial charge is 0.318 e. The van der Waals surface area contributed by atoms with Crippen LogP contribution in [0.15, 0.2) is 36.7 Å². The standard InChI is InChI=1S/C21H29N5O2/c1-16-5-7-19(8-6-16)15-24-11-12-26(18(3)20(24)27)21(28)22-9-4-10-25-14-17(2)13-23-25/h5-8,13-14,18H,4,9-12,15H2,1-3H3,(H,22,28)/t18-/m0/s1. The Kier molecular flexibility index (Phi) is 6.34. The molecule has 0 spiro atoms. The normalized spacial score (nSPS) is 17.1. The molecule has 7 nitrogen and oxygen atoms in total. The van der Waals surface area contributed by atoms with E-state index < -0.39 is 6.04 Å². The van der Waals surface area contributed by atoms with Crippen molar-refractivity contribution in [2.75, 3.05) is 19.6 Å². The summed E-state index contributed by atoms with van der Waals surface area (Å²) in [5.74, 6) is -0.00556. The van der Waals surface area contributed by atoms with Crippen LogP contribution in [0, 0.1) is 13.8 Å². The van der Waals surface area contributed by atoms with Gasteiger partial charge < -0.3 is 15.1 Å². The van der Waals surface area contributed by atoms with Crippen molar-refractivity contribution in [3.8, 4) is 0 Å². The van der Waals surface area contributed by atoms with E-state index in [-0.39, 0.29) is 11.9 Å². The molecule has 1 aliphatic rings. The van der Waals surface area contributed by atoms with Crippen LogP contribution >= 0.6 is 0 Å². The highest BCUT2D eigenvalue weighted by Crippen LogP contribution is 2.15. The number of aryl methyl sites for hydroxylation is 3. The summed E-state index contributed by atoms with van der Waals surface area (Å²) >= 11 is 0. The highest BCUT2D eigenvalue weighted by molar-refractivity contribution is 5.88. The summed E-state index contributed by atoms with van der Waals surface area (Å²) < 4.78 is 1.87. The topological polar surface area (TPSA) is 70.5 Å². The summed E-state index contributed by atoms with van der Waals surface area (Å²) in [5, 5.41) is 7.16. The number of aromatic nitrogens is 2. The van der Waals surface area contributed by atoms with Crippen LogP contribution in [0.2, 0.25) is 0 Å². The maximum Gasteiger partial charge on any atom is 0.318 e. The minimum Gasteiger partial charge on any atom is -0.338 e. The average Bonchev–Trinajstić information content (AvgIpc) is 3.09. The molecule has 3 rings (SSSR count). The Morgan fingerprint density at radius 1 is 1.18 bits per heavy atom. The van der Waals surface area contributed by atoms with Gasteiger partial charge in [-0.15, -0.1) is 0 Å². The number of carbonyl (C=O) groups excluding carboxylic acids is 2. The SMILES string of the molecule is Cc1ccc(CN2CCN(C(=O)NCCCn3cc(C)cn3)[C@@H](C)C2=O)cc1. The fraction of sp³-hybridized carbons (Fsp3) is 0.476. The minimum atomic E-state index is -0.451. The van der Waals surface area contributed by atoms with E-state index in [4.69, 9.17) is 0 Å². The summed E-state index contributed by atoms with van der Waals surface area (Å²) in [7, 11) is 0. The molecule has 3 amide bonds. The van der Waals surface area contributed by atoms with Gasteiger partial charge in [-0.05, 0) is 38.3 Å². The molecule has 0 unspecified atom stereocenters. The van der Waals surface area contributed by atoms with Crippen molar-refractivity contribution in [3.05, 3.63) is 53.3 Å². The van der Waals surface area contributed by atoms with Crippen molar-refractivity contribution in [3.63, 3.8) is 0 Å². The van der Waals surface area contributed by atoms with Gasteiger partial charge in [0.1, 0.15) is 6.04 Å². The summed E-state index contributed by atoms with van der Waals surface area (Å²) in [6, 6.07) is 7.58. The van der Waals surface area contributed by atoms with Crippen LogP contribution in [0.25, 0.3) is 0 Å². The van der Waals surface area contributed by atoms with E-state index in [9.17, 15) is 9.59 Å². The molecular weight excluding hydrogens is 354 g/mol. The third-order valence-electron chi connectivity index (χ3n) is 5.10. The third-order valence-corrected chi connectivity index (χ3v) is 5.10. The summed E-state index contributed by atoms with van der Waals surface area (Å²) in [6.07, 6.45) is 4.60. The van der Waals surface area contributed by atoms with Gasteiger partial charge in [-0.2, -0.15) is 5.10 Å². The van der Waals surface area contributed by atoms with Crippen molar-refractivity contribution in [2.24, 2.45) is 0 Å². The van der Waals surface area contributed by atoms with Crippen molar-refractivity contribution in [2.45, 2.75) is 46.3 Å². The summed E-state index contributed by atoms with van der Waals surface area (Å²) in [6.45, 7) is 8.85. The Balaban J connectivity index is 1.45. The van der Waals surface area contributed by atoms with Gasteiger partial charge in [-0.25, -0.2) is 4.79 Å². The first-order valence-electron chi connectivity index (χ1n) is 9.82. The lowest BCUT2D eigenvalue weighted by Crippen LogP contribution is -2.59. The number of hydrogen-bond acceptors (Lipinski definition) is 3. The highest BCUT2D eigenvalue weighted by Gasteiger charge is 2.34. The Hall–Kier alpha value is -2.83. The summed E-state index contributed by atoms with van der Waals surface area (Å²) in [4.78, 5) is 28.7. The van der Waals surface area contributed by atoms with Gasteiger partial charge in [0.25, 0.3) is 0 Å². The van der Waals surface area contributed by atoms with E-state index in [0.29, 0.717) is 26.2 Å². The van der Waals surface area contributed by atoms with Crippen molar-refractivity contribution in [1.29, 1.82) is 0 Å². The van der Waals surface area contributed by atoms with Crippen LogP contribution in [0.1, 0.15) is 30.0 Å². The molecule has 2 aromatic rings. The minimum absolute atomic E-state index is 0.00556. The van der Waals surface area contributed by atoms with Crippen molar-refractivity contribution >= 4 is 11.9 Å². The van der Waals surface area contributed by atoms with Gasteiger partial charge in [-0.1, -0.05) is 29.8 Å². The van der Waals surface area contributed by atoms with Gasteiger partial charge >= 0.3 is 6.03 Å². The molecule has 7 heteroatoms. The first-order chi connectivity index (χ1) is 13.4. The van der Waals surface area contributed by atoms with Crippen LogP contribution in [-0.2, 0) is 17.9 Å². The molecule has 0 bridgehead atoms. The predicted molar refractivity (Wildman–Crippen MR) is 108 cm³/mol. The molecule has 0 saturated carbocycles. The predicted octanol–water partition coefficient (Wildman–Crippen LogP) is 2.33. The monoisotopic (exact) mass is 383 g/mol. The Morgan fingerprint density at radius 2 is 1.93 bits per heavy atom. The first-order valence-corrected chi connectivity index (χ1v) is 9.82. The lowest BCUT2D eigenvalue weighted by Gasteiger charge is -2.39. The number of rotatable bonds is 6. The number of nitrogens with zero attached hydrogens (tertiary/aromatic N) is 4. The number of nitrogens with one attached hydrogen (secondary N) is 1. The fourth-order valence-electron chi connectivity index (χ4n) is 3.41. The van der Waals surface area contributed by atoms with E-state index in [2.05, 4.69) is 22.5 Å². The molecule has 0 aliphatic carbocycles. The zero-order chi connectivity index (χ0) is 20.1. The number of carbonyl (C=O) groups is 2. The van der Waals surface area contributed by atoms with Crippen LogP contribution in [0.5, 0.6) is 0 Å². The molecule has 1 aliphatic heterocycles. The molecule has 1 fully saturated rings. The van der Waals surface area contributed by atoms with Crippen LogP contribution in [0.4, 0.5) is 4.79 Å². The molecule has 1 saturated heterocycles. The van der Waals surface area contributed by atoms with Crippen molar-refractivity contribution in [1.82, 2.24) is 24.9 Å². The fourth-order valence-corrected chi connectivity index (χ4v) is 3.41. The van der Waals surface area contributed by atoms with Gasteiger partial charge in [0.05, 0.1) is 6.20 Å². The number of urea groups is 1. The van der Waals surface area contributed by atoms with E-state index in [1.165, 1.54) is 5.56 Å². The number of amides is 3. The van der Waals surface area contributed by atoms with Crippen LogP contribution < -0.4 is 5.32 Å². The number of benzene rings is 1. The van der Waals surface area contributed by atoms with Gasteiger partial charge in [0.15, 0.2) is 0 Å². The summed E-state index contributed by atoms with van der Waals surface area (Å²) in [5.41, 5.74) is 3.44. The Morgan fingerprint density at radius 3 is 2.61 bits per heavy atom. The van der Waals surface area contributed by atoms with E-state index in [0.717, 1.165) is 24.1 Å². The van der Waals surface area contributed by atoms with E-state index >= 15 is 0 Å². The Labute approximate surface area is 166 Å². The lowest BCUT2D eigenvalue weighted by molar-refractivity contribution is -0.139. The maximum absolute atomic E-state index is 12.7. The van der Waals surface area contributed by atoms with E-state index in [1.54, 1.807) is 11.8 Å². The molecule has 1 aromatic heterocycles. The molecule has 150 valence electrons. The van der Waals surface area contributed by atoms with Crippen LogP contribution in [-0.4, -0.2) is 57.2 Å². The molecule has 28 heavy (non-hydrogen) atoms. The average molecular weight is 383 g/mol. The van der Waals surface area contributed by atoms with Gasteiger partial charge in [-0.3, -0.25) is 9.48 Å². The second-order valence-corrected chi connectivity index (χ2v) is 7.48. The number of piperazine rings is 1. The zero-order valence-corrected chi connectivity index (χ0v) is 16.9. The first kappa shape index (κ1) is 19.9. The third kappa shape index (κ3) is 4.91. The zero-order valence-electron chi connectivity index (χ0n) is 16.9. The maximum atomic E-state index is 12.7. The molecule has 0 radical (unpaired) electrons. The number of hydrogen-bond donors (Lipinski definition) is 1. The van der Waals surface area contributed by atoms with Crippen molar-refractivity contribution < 1.29 is 9.59 Å². The second-order valence-electron chi connectivity index (χ2n) is 7.48. The molecule has 1 atom stereocenters. The van der Waals surface area contributed by atoms with E-state index in [1.807, 2.05) is 48.0 Å². The highest BCUT2D eigenvalue weighted by atomic mass is 16.2. The molecular formula is C21H29N5O2. The lowest BCUT2D eigenvalue weighted by atomic mass is 10.1. The van der Waals surface area contributed by atoms with Gasteiger partial charge in [0.2, 0.25) is 5.91 Å². The largest absolute Gasteiger partial charge is 0.338 e. The molecule has 2 heterocycles. The van der Waals surface area contributed by atoms with Crippen LogP contribution in [0.3, 0.4) is 0 Å². The Bertz CT molecular complexity index is 814. The van der Waals surface area contributed by atoms with Gasteiger partial charge in [0, 0.05) is 38.9 Å².